The maximum Gasteiger partial charge on any atom is 0.167 e. The number of ketones is 1. The number of hydrogen-bond acceptors (Lipinski definition) is 3. The van der Waals surface area contributed by atoms with Crippen LogP contribution < -0.4 is 0 Å². The first-order valence-corrected chi connectivity index (χ1v) is 5.70. The van der Waals surface area contributed by atoms with Crippen LogP contribution in [0.3, 0.4) is 0 Å². The van der Waals surface area contributed by atoms with Gasteiger partial charge in [0.2, 0.25) is 0 Å². The molecule has 1 N–H and O–H groups in total. The van der Waals surface area contributed by atoms with Gasteiger partial charge in [-0.05, 0) is 18.9 Å². The monoisotopic (exact) mass is 222 g/mol. The number of rotatable bonds is 4. The molecule has 4 heteroatoms. The molecule has 1 aliphatic rings. The van der Waals surface area contributed by atoms with Gasteiger partial charge in [-0.2, -0.15) is 5.10 Å². The van der Waals surface area contributed by atoms with Gasteiger partial charge in [-0.1, -0.05) is 13.3 Å². The molecule has 0 bridgehead atoms. The molecule has 0 aliphatic heterocycles. The number of aryl methyl sites for hydroxylation is 1. The first kappa shape index (κ1) is 11.3. The molecule has 1 atom stereocenters. The number of carbonyl (C=O) groups excluding carboxylic acids is 1. The summed E-state index contributed by atoms with van der Waals surface area (Å²) in [7, 11) is 1.82. The lowest BCUT2D eigenvalue weighted by molar-refractivity contribution is -0.137. The van der Waals surface area contributed by atoms with E-state index in [2.05, 4.69) is 5.10 Å². The van der Waals surface area contributed by atoms with Crippen LogP contribution in [0.5, 0.6) is 0 Å². The number of aliphatic hydroxyl groups is 1. The van der Waals surface area contributed by atoms with E-state index in [0.717, 1.165) is 25.0 Å². The van der Waals surface area contributed by atoms with Crippen LogP contribution in [0, 0.1) is 5.41 Å². The zero-order valence-corrected chi connectivity index (χ0v) is 9.81. The largest absolute Gasteiger partial charge is 0.385 e. The molecule has 1 aromatic heterocycles. The third kappa shape index (κ3) is 2.02. The van der Waals surface area contributed by atoms with E-state index < -0.39 is 6.10 Å². The second kappa shape index (κ2) is 4.01. The van der Waals surface area contributed by atoms with E-state index in [9.17, 15) is 9.90 Å². The number of Topliss-reactive ketones (excluding diaryl/α,β-unsaturated/α-hetero) is 1. The fraction of sp³-hybridized carbons (Fsp3) is 0.667. The zero-order chi connectivity index (χ0) is 11.8. The fourth-order valence-corrected chi connectivity index (χ4v) is 2.23. The molecule has 1 heterocycles. The van der Waals surface area contributed by atoms with Crippen molar-refractivity contribution in [2.45, 2.75) is 38.7 Å². The Bertz CT molecular complexity index is 393. The van der Waals surface area contributed by atoms with Gasteiger partial charge >= 0.3 is 0 Å². The van der Waals surface area contributed by atoms with Crippen molar-refractivity contribution in [3.63, 3.8) is 0 Å². The molecule has 16 heavy (non-hydrogen) atoms. The number of aromatic nitrogens is 2. The van der Waals surface area contributed by atoms with E-state index in [-0.39, 0.29) is 17.6 Å². The van der Waals surface area contributed by atoms with Crippen molar-refractivity contribution >= 4 is 5.78 Å². The lowest BCUT2D eigenvalue weighted by Gasteiger charge is -2.41. The molecule has 88 valence electrons. The molecule has 4 nitrogen and oxygen atoms in total. The van der Waals surface area contributed by atoms with E-state index in [0.29, 0.717) is 0 Å². The van der Waals surface area contributed by atoms with Gasteiger partial charge in [-0.3, -0.25) is 9.48 Å². The van der Waals surface area contributed by atoms with Crippen molar-refractivity contribution in [2.75, 3.05) is 0 Å². The lowest BCUT2D eigenvalue weighted by atomic mass is 9.65. The number of hydrogen-bond donors (Lipinski definition) is 1. The van der Waals surface area contributed by atoms with Gasteiger partial charge < -0.3 is 5.11 Å². The van der Waals surface area contributed by atoms with Crippen LogP contribution in [0.1, 0.15) is 31.9 Å². The van der Waals surface area contributed by atoms with Gasteiger partial charge in [0.05, 0.1) is 12.1 Å². The number of nitrogens with zero attached hydrogens (tertiary/aromatic N) is 2. The fourth-order valence-electron chi connectivity index (χ4n) is 2.23. The topological polar surface area (TPSA) is 55.1 Å². The minimum Gasteiger partial charge on any atom is -0.385 e. The molecule has 0 saturated heterocycles. The third-order valence-corrected chi connectivity index (χ3v) is 3.59. The summed E-state index contributed by atoms with van der Waals surface area (Å²) in [6.45, 7) is 1.98. The van der Waals surface area contributed by atoms with Crippen molar-refractivity contribution < 1.29 is 9.90 Å². The van der Waals surface area contributed by atoms with E-state index in [1.165, 1.54) is 0 Å². The van der Waals surface area contributed by atoms with Crippen molar-refractivity contribution in [3.05, 3.63) is 18.0 Å². The average molecular weight is 222 g/mol. The van der Waals surface area contributed by atoms with Crippen molar-refractivity contribution in [1.29, 1.82) is 0 Å². The lowest BCUT2D eigenvalue weighted by Crippen LogP contribution is -2.44. The van der Waals surface area contributed by atoms with E-state index in [1.807, 2.05) is 20.0 Å². The molecule has 2 rings (SSSR count). The Balaban J connectivity index is 1.97. The summed E-state index contributed by atoms with van der Waals surface area (Å²) in [6.07, 6.45) is 4.22. The smallest absolute Gasteiger partial charge is 0.167 e. The summed E-state index contributed by atoms with van der Waals surface area (Å²) < 4.78 is 1.67. The molecule has 0 radical (unpaired) electrons. The summed E-state index contributed by atoms with van der Waals surface area (Å²) in [5.74, 6) is -0.110. The molecule has 0 spiro atoms. The summed E-state index contributed by atoms with van der Waals surface area (Å²) in [4.78, 5) is 11.9. The van der Waals surface area contributed by atoms with Gasteiger partial charge in [0.15, 0.2) is 5.78 Å². The van der Waals surface area contributed by atoms with Crippen molar-refractivity contribution in [3.8, 4) is 0 Å². The Morgan fingerprint density at radius 1 is 1.69 bits per heavy atom. The zero-order valence-electron chi connectivity index (χ0n) is 9.81. The highest BCUT2D eigenvalue weighted by Crippen LogP contribution is 2.43. The van der Waals surface area contributed by atoms with Crippen LogP contribution >= 0.6 is 0 Å². The van der Waals surface area contributed by atoms with E-state index in [4.69, 9.17) is 0 Å². The Morgan fingerprint density at radius 3 is 2.81 bits per heavy atom. The van der Waals surface area contributed by atoms with Crippen molar-refractivity contribution in [2.24, 2.45) is 12.5 Å². The minimum atomic E-state index is -0.830. The standard InChI is InChI=1S/C12H18N2O2/c1-12(5-3-6-12)11(16)10(15)8-9-4-7-14(2)13-9/h4,7,11,16H,3,5-6,8H2,1-2H3. The second-order valence-corrected chi connectivity index (χ2v) is 5.03. The predicted molar refractivity (Wildman–Crippen MR) is 59.9 cm³/mol. The molecular formula is C12H18N2O2. The summed E-state index contributed by atoms with van der Waals surface area (Å²) in [6, 6.07) is 1.81. The van der Waals surface area contributed by atoms with Crippen molar-refractivity contribution in [1.82, 2.24) is 9.78 Å². The molecule has 1 fully saturated rings. The molecule has 1 unspecified atom stereocenters. The van der Waals surface area contributed by atoms with E-state index in [1.54, 1.807) is 10.9 Å². The molecule has 0 aromatic carbocycles. The van der Waals surface area contributed by atoms with Crippen LogP contribution in [0.4, 0.5) is 0 Å². The normalized spacial score (nSPS) is 20.2. The molecule has 1 saturated carbocycles. The maximum atomic E-state index is 11.9. The number of aliphatic hydroxyl groups excluding tert-OH is 1. The highest BCUT2D eigenvalue weighted by Gasteiger charge is 2.42. The van der Waals surface area contributed by atoms with E-state index >= 15 is 0 Å². The summed E-state index contributed by atoms with van der Waals surface area (Å²) in [5.41, 5.74) is 0.542. The van der Waals surface area contributed by atoms with Crippen LogP contribution in [-0.2, 0) is 18.3 Å². The van der Waals surface area contributed by atoms with Gasteiger partial charge in [-0.15, -0.1) is 0 Å². The summed E-state index contributed by atoms with van der Waals surface area (Å²) >= 11 is 0. The molecule has 0 amide bonds. The Morgan fingerprint density at radius 2 is 2.38 bits per heavy atom. The quantitative estimate of drug-likeness (QED) is 0.829. The first-order valence-electron chi connectivity index (χ1n) is 5.70. The number of carbonyl (C=O) groups is 1. The van der Waals surface area contributed by atoms with Crippen LogP contribution in [0.2, 0.25) is 0 Å². The Hall–Kier alpha value is -1.16. The molecular weight excluding hydrogens is 204 g/mol. The second-order valence-electron chi connectivity index (χ2n) is 5.03. The first-order chi connectivity index (χ1) is 7.51. The SMILES string of the molecule is Cn1ccc(CC(=O)C(O)C2(C)CCC2)n1. The van der Waals surface area contributed by atoms with Gasteiger partial charge in [-0.25, -0.2) is 0 Å². The summed E-state index contributed by atoms with van der Waals surface area (Å²) in [5, 5.41) is 14.1. The highest BCUT2D eigenvalue weighted by molar-refractivity contribution is 5.85. The van der Waals surface area contributed by atoms with Crippen LogP contribution in [0.15, 0.2) is 12.3 Å². The highest BCUT2D eigenvalue weighted by atomic mass is 16.3. The maximum absolute atomic E-state index is 11.9. The van der Waals surface area contributed by atoms with Gasteiger partial charge in [0, 0.05) is 18.7 Å². The minimum absolute atomic E-state index is 0.110. The molecule has 1 aromatic rings. The third-order valence-electron chi connectivity index (χ3n) is 3.59. The molecule has 1 aliphatic carbocycles. The Labute approximate surface area is 95.3 Å². The Kier molecular flexibility index (Phi) is 2.84. The average Bonchev–Trinajstić information content (AvgIpc) is 2.59. The van der Waals surface area contributed by atoms with Crippen LogP contribution in [-0.4, -0.2) is 26.8 Å². The predicted octanol–water partition coefficient (Wildman–Crippen LogP) is 1.08. The van der Waals surface area contributed by atoms with Crippen LogP contribution in [0.25, 0.3) is 0 Å². The van der Waals surface area contributed by atoms with Gasteiger partial charge in [0.1, 0.15) is 6.10 Å². The van der Waals surface area contributed by atoms with Gasteiger partial charge in [0.25, 0.3) is 0 Å².